The zero-order valence-electron chi connectivity index (χ0n) is 12.0. The second kappa shape index (κ2) is 4.53. The molecule has 0 saturated carbocycles. The normalized spacial score (nSPS) is 18.6. The fourth-order valence-corrected chi connectivity index (χ4v) is 3.65. The zero-order valence-corrected chi connectivity index (χ0v) is 12.9. The number of hydrogen-bond donors (Lipinski definition) is 0. The molecule has 0 aliphatic carbocycles. The Kier molecular flexibility index (Phi) is 2.76. The number of aliphatic imine (C=N–C) groups is 1. The molecule has 0 N–H and O–H groups in total. The van der Waals surface area contributed by atoms with Crippen LogP contribution < -0.4 is 4.90 Å². The second-order valence-corrected chi connectivity index (χ2v) is 6.95. The molecule has 0 radical (unpaired) electrons. The van der Waals surface area contributed by atoms with E-state index in [0.717, 1.165) is 11.4 Å². The molecule has 0 saturated heterocycles. The van der Waals surface area contributed by atoms with E-state index >= 15 is 0 Å². The Morgan fingerprint density at radius 3 is 2.10 bits per heavy atom. The van der Waals surface area contributed by atoms with E-state index in [1.165, 1.54) is 9.79 Å². The molecule has 0 bridgehead atoms. The van der Waals surface area contributed by atoms with Crippen molar-refractivity contribution in [2.24, 2.45) is 4.99 Å². The minimum atomic E-state index is -0.163. The maximum Gasteiger partial charge on any atom is 0.297 e. The molecule has 2 heterocycles. The van der Waals surface area contributed by atoms with Gasteiger partial charge in [0, 0.05) is 9.79 Å². The Balaban J connectivity index is 1.90. The van der Waals surface area contributed by atoms with Crippen molar-refractivity contribution in [2.75, 3.05) is 11.5 Å². The number of amidine groups is 1. The van der Waals surface area contributed by atoms with Gasteiger partial charge in [0.05, 0.1) is 16.9 Å². The summed E-state index contributed by atoms with van der Waals surface area (Å²) in [7, 11) is 0. The van der Waals surface area contributed by atoms with Crippen LogP contribution in [-0.2, 0) is 4.74 Å². The molecule has 4 rings (SSSR count). The summed E-state index contributed by atoms with van der Waals surface area (Å²) in [6, 6.07) is 17.5. The van der Waals surface area contributed by atoms with Gasteiger partial charge in [0.15, 0.2) is 0 Å². The molecule has 2 aliphatic heterocycles. The minimum absolute atomic E-state index is 0.163. The van der Waals surface area contributed by atoms with Crippen molar-refractivity contribution >= 4 is 29.2 Å². The summed E-state index contributed by atoms with van der Waals surface area (Å²) in [5, 5.41) is 0. The first-order valence-electron chi connectivity index (χ1n) is 7.03. The van der Waals surface area contributed by atoms with Gasteiger partial charge in [-0.15, -0.1) is 0 Å². The Labute approximate surface area is 128 Å². The van der Waals surface area contributed by atoms with Gasteiger partial charge < -0.3 is 4.74 Å². The van der Waals surface area contributed by atoms with E-state index in [4.69, 9.17) is 9.73 Å². The summed E-state index contributed by atoms with van der Waals surface area (Å²) in [6.45, 7) is 4.81. The molecule has 21 heavy (non-hydrogen) atoms. The molecule has 4 heteroatoms. The number of rotatable bonds is 0. The van der Waals surface area contributed by atoms with Crippen molar-refractivity contribution in [2.45, 2.75) is 29.2 Å². The lowest BCUT2D eigenvalue weighted by atomic mass is 10.1. The molecule has 0 fully saturated rings. The van der Waals surface area contributed by atoms with Gasteiger partial charge in [-0.1, -0.05) is 36.0 Å². The predicted molar refractivity (Wildman–Crippen MR) is 86.6 cm³/mol. The zero-order chi connectivity index (χ0) is 14.4. The van der Waals surface area contributed by atoms with Crippen molar-refractivity contribution < 1.29 is 4.74 Å². The first kappa shape index (κ1) is 12.8. The fraction of sp³-hybridized carbons (Fsp3) is 0.235. The fourth-order valence-electron chi connectivity index (χ4n) is 2.59. The average Bonchev–Trinajstić information content (AvgIpc) is 2.84. The third-order valence-corrected chi connectivity index (χ3v) is 4.71. The molecule has 106 valence electrons. The molecule has 0 atom stereocenters. The lowest BCUT2D eigenvalue weighted by Gasteiger charge is -2.31. The van der Waals surface area contributed by atoms with E-state index in [-0.39, 0.29) is 5.54 Å². The summed E-state index contributed by atoms with van der Waals surface area (Å²) in [5.74, 6) is 0. The lowest BCUT2D eigenvalue weighted by Crippen LogP contribution is -2.28. The van der Waals surface area contributed by atoms with Gasteiger partial charge in [0.1, 0.15) is 6.61 Å². The van der Waals surface area contributed by atoms with Crippen LogP contribution in [0, 0.1) is 0 Å². The van der Waals surface area contributed by atoms with E-state index in [1.807, 2.05) is 0 Å². The van der Waals surface area contributed by atoms with E-state index < -0.39 is 0 Å². The topological polar surface area (TPSA) is 24.8 Å². The second-order valence-electron chi connectivity index (χ2n) is 5.87. The van der Waals surface area contributed by atoms with E-state index in [9.17, 15) is 0 Å². The molecule has 3 nitrogen and oxygen atoms in total. The van der Waals surface area contributed by atoms with Gasteiger partial charge >= 0.3 is 0 Å². The molecule has 0 amide bonds. The van der Waals surface area contributed by atoms with Crippen LogP contribution in [0.4, 0.5) is 11.4 Å². The molecule has 0 spiro atoms. The highest BCUT2D eigenvalue weighted by atomic mass is 32.2. The third kappa shape index (κ3) is 2.10. The first-order chi connectivity index (χ1) is 10.1. The minimum Gasteiger partial charge on any atom is -0.462 e. The molecular weight excluding hydrogens is 280 g/mol. The van der Waals surface area contributed by atoms with Gasteiger partial charge in [-0.05, 0) is 38.1 Å². The van der Waals surface area contributed by atoms with E-state index in [0.29, 0.717) is 12.6 Å². The largest absolute Gasteiger partial charge is 0.462 e. The van der Waals surface area contributed by atoms with Crippen LogP contribution >= 0.6 is 11.8 Å². The number of anilines is 2. The van der Waals surface area contributed by atoms with Crippen molar-refractivity contribution in [1.29, 1.82) is 0 Å². The summed E-state index contributed by atoms with van der Waals surface area (Å²) < 4.78 is 5.89. The molecular formula is C17H16N2OS. The van der Waals surface area contributed by atoms with Crippen molar-refractivity contribution in [3.8, 4) is 0 Å². The highest BCUT2D eigenvalue weighted by Gasteiger charge is 2.34. The quantitative estimate of drug-likeness (QED) is 0.718. The third-order valence-electron chi connectivity index (χ3n) is 3.58. The first-order valence-corrected chi connectivity index (χ1v) is 7.84. The van der Waals surface area contributed by atoms with Crippen molar-refractivity contribution in [1.82, 2.24) is 0 Å². The van der Waals surface area contributed by atoms with Gasteiger partial charge in [-0.2, -0.15) is 0 Å². The van der Waals surface area contributed by atoms with Gasteiger partial charge in [0.25, 0.3) is 6.02 Å². The number of benzene rings is 2. The van der Waals surface area contributed by atoms with Crippen LogP contribution in [0.5, 0.6) is 0 Å². The van der Waals surface area contributed by atoms with Crippen LogP contribution in [0.2, 0.25) is 0 Å². The smallest absolute Gasteiger partial charge is 0.297 e. The van der Waals surface area contributed by atoms with Crippen LogP contribution in [0.3, 0.4) is 0 Å². The maximum atomic E-state index is 5.89. The van der Waals surface area contributed by atoms with Crippen molar-refractivity contribution in [3.63, 3.8) is 0 Å². The molecule has 0 aromatic heterocycles. The summed E-state index contributed by atoms with van der Waals surface area (Å²) in [6.07, 6.45) is 0. The number of ether oxygens (including phenoxy) is 1. The average molecular weight is 296 g/mol. The van der Waals surface area contributed by atoms with Gasteiger partial charge in [-0.3, -0.25) is 4.90 Å². The predicted octanol–water partition coefficient (Wildman–Crippen LogP) is 4.45. The Morgan fingerprint density at radius 2 is 1.57 bits per heavy atom. The number of para-hydroxylation sites is 2. The summed E-state index contributed by atoms with van der Waals surface area (Å²) >= 11 is 1.79. The van der Waals surface area contributed by atoms with Crippen LogP contribution in [0.25, 0.3) is 0 Å². The number of fused-ring (bicyclic) bond motifs is 2. The Hall–Kier alpha value is -1.94. The van der Waals surface area contributed by atoms with E-state index in [1.54, 1.807) is 11.8 Å². The van der Waals surface area contributed by atoms with Gasteiger partial charge in [0.2, 0.25) is 0 Å². The Bertz CT molecular complexity index is 694. The van der Waals surface area contributed by atoms with Crippen LogP contribution in [0.15, 0.2) is 63.3 Å². The molecule has 0 unspecified atom stereocenters. The van der Waals surface area contributed by atoms with Crippen LogP contribution in [-0.4, -0.2) is 18.2 Å². The van der Waals surface area contributed by atoms with E-state index in [2.05, 4.69) is 67.3 Å². The van der Waals surface area contributed by atoms with Crippen molar-refractivity contribution in [3.05, 3.63) is 48.5 Å². The van der Waals surface area contributed by atoms with Crippen LogP contribution in [0.1, 0.15) is 13.8 Å². The molecule has 2 aromatic carbocycles. The molecule has 2 aliphatic rings. The standard InChI is InChI=1S/C17H16N2OS/c1-17(2)11-20-16(18-17)19-12-7-3-5-9-14(12)21-15-10-6-4-8-13(15)19/h3-10H,11H2,1-2H3. The maximum absolute atomic E-state index is 5.89. The summed E-state index contributed by atoms with van der Waals surface area (Å²) in [4.78, 5) is 9.35. The van der Waals surface area contributed by atoms with Gasteiger partial charge in [-0.25, -0.2) is 4.99 Å². The number of nitrogens with zero attached hydrogens (tertiary/aromatic N) is 2. The highest BCUT2D eigenvalue weighted by Crippen LogP contribution is 2.48. The lowest BCUT2D eigenvalue weighted by molar-refractivity contribution is 0.275. The molecule has 2 aromatic rings. The summed E-state index contributed by atoms with van der Waals surface area (Å²) in [5.41, 5.74) is 2.11. The monoisotopic (exact) mass is 296 g/mol. The number of hydrogen-bond acceptors (Lipinski definition) is 4. The highest BCUT2D eigenvalue weighted by molar-refractivity contribution is 7.99. The Morgan fingerprint density at radius 1 is 1.00 bits per heavy atom. The SMILES string of the molecule is CC1(C)COC(N2c3ccccc3Sc3ccccc32)=N1.